The fraction of sp³-hybridized carbons (Fsp3) is 0.533. The summed E-state index contributed by atoms with van der Waals surface area (Å²) in [6, 6.07) is 13.7. The van der Waals surface area contributed by atoms with E-state index in [0.29, 0.717) is 35.7 Å². The molecule has 4 atom stereocenters. The second kappa shape index (κ2) is 14.3. The quantitative estimate of drug-likeness (QED) is 0.585. The van der Waals surface area contributed by atoms with Crippen LogP contribution in [-0.2, 0) is 4.74 Å². The van der Waals surface area contributed by atoms with Crippen molar-refractivity contribution in [1.29, 1.82) is 0 Å². The number of fused-ring (bicyclic) bond motifs is 1. The van der Waals surface area contributed by atoms with Crippen LogP contribution in [0.15, 0.2) is 48.5 Å². The number of nitrogens with one attached hydrogen (secondary N) is 1. The Morgan fingerprint density at radius 3 is 2.58 bits per heavy atom. The first-order chi connectivity index (χ1) is 18.2. The number of rotatable bonds is 6. The molecule has 0 unspecified atom stereocenters. The number of likely N-dealkylation sites (N-methyl/N-ethyl adjacent to an activating group) is 1. The topological polar surface area (TPSA) is 91.3 Å². The third kappa shape index (κ3) is 8.28. The maximum absolute atomic E-state index is 14.1. The molecule has 2 amide bonds. The first-order valence-corrected chi connectivity index (χ1v) is 13.5. The van der Waals surface area contributed by atoms with Gasteiger partial charge in [-0.05, 0) is 77.5 Å². The molecule has 1 heterocycles. The van der Waals surface area contributed by atoms with Crippen molar-refractivity contribution in [3.05, 3.63) is 59.7 Å². The van der Waals surface area contributed by atoms with E-state index in [2.05, 4.69) is 17.1 Å². The summed E-state index contributed by atoms with van der Waals surface area (Å²) in [7, 11) is 4.03. The number of ether oxygens (including phenoxy) is 2. The lowest BCUT2D eigenvalue weighted by atomic mass is 10.0. The van der Waals surface area contributed by atoms with Crippen LogP contribution < -0.4 is 10.1 Å². The van der Waals surface area contributed by atoms with E-state index in [1.54, 1.807) is 47.4 Å². The molecular weight excluding hydrogens is 482 g/mol. The number of hydrogen-bond acceptors (Lipinski definition) is 6. The lowest BCUT2D eigenvalue weighted by Gasteiger charge is -2.35. The highest BCUT2D eigenvalue weighted by molar-refractivity contribution is 6.05. The summed E-state index contributed by atoms with van der Waals surface area (Å²) in [5.41, 5.74) is 1.39. The molecule has 208 valence electrons. The van der Waals surface area contributed by atoms with Gasteiger partial charge in [0.05, 0.1) is 30.4 Å². The molecule has 0 bridgehead atoms. The molecule has 0 spiro atoms. The molecule has 0 aliphatic carbocycles. The Kier molecular flexibility index (Phi) is 11.1. The van der Waals surface area contributed by atoms with Crippen molar-refractivity contribution in [1.82, 2.24) is 9.80 Å². The summed E-state index contributed by atoms with van der Waals surface area (Å²) in [5.74, 6) is -0.00756. The number of benzene rings is 2. The SMILES string of the molecule is C[C@H](CO)N1C[C@H](C)[C@@H](CN(C)C)OCCCC[C@H](C)Oc2ccc(NC(=O)c3ccccc3)cc2C1=O. The molecule has 38 heavy (non-hydrogen) atoms. The van der Waals surface area contributed by atoms with E-state index in [-0.39, 0.29) is 36.5 Å². The fourth-order valence-corrected chi connectivity index (χ4v) is 4.62. The average molecular weight is 526 g/mol. The van der Waals surface area contributed by atoms with Gasteiger partial charge in [-0.1, -0.05) is 25.1 Å². The standard InChI is InChI=1S/C30H43N3O5/c1-21-18-33(22(2)20-34)30(36)26-17-25(31-29(35)24-12-7-6-8-13-24)14-15-27(26)38-23(3)11-9-10-16-37-28(21)19-32(4)5/h6-8,12-15,17,21-23,28,34H,9-11,16,18-20H2,1-5H3,(H,31,35)/t21-,22+,23-,28+/m0/s1. The molecule has 2 aromatic carbocycles. The number of carbonyl (C=O) groups is 2. The second-order valence-corrected chi connectivity index (χ2v) is 10.6. The Bertz CT molecular complexity index is 1050. The van der Waals surface area contributed by atoms with Gasteiger partial charge >= 0.3 is 0 Å². The van der Waals surface area contributed by atoms with E-state index in [1.807, 2.05) is 34.0 Å². The van der Waals surface area contributed by atoms with Crippen molar-refractivity contribution in [2.24, 2.45) is 5.92 Å². The minimum Gasteiger partial charge on any atom is -0.490 e. The van der Waals surface area contributed by atoms with E-state index in [1.165, 1.54) is 0 Å². The number of anilines is 1. The van der Waals surface area contributed by atoms with Crippen molar-refractivity contribution in [3.8, 4) is 5.75 Å². The third-order valence-electron chi connectivity index (χ3n) is 6.89. The van der Waals surface area contributed by atoms with Crippen molar-refractivity contribution in [2.75, 3.05) is 45.7 Å². The van der Waals surface area contributed by atoms with Crippen LogP contribution in [0.25, 0.3) is 0 Å². The van der Waals surface area contributed by atoms with Crippen LogP contribution in [0, 0.1) is 5.92 Å². The normalized spacial score (nSPS) is 22.2. The van der Waals surface area contributed by atoms with E-state index < -0.39 is 6.04 Å². The van der Waals surface area contributed by atoms with Crippen LogP contribution in [-0.4, -0.2) is 85.4 Å². The van der Waals surface area contributed by atoms with Crippen molar-refractivity contribution >= 4 is 17.5 Å². The first-order valence-electron chi connectivity index (χ1n) is 13.5. The summed E-state index contributed by atoms with van der Waals surface area (Å²) < 4.78 is 12.5. The van der Waals surface area contributed by atoms with Gasteiger partial charge in [0, 0.05) is 36.9 Å². The van der Waals surface area contributed by atoms with Crippen molar-refractivity contribution in [3.63, 3.8) is 0 Å². The zero-order valence-corrected chi connectivity index (χ0v) is 23.4. The number of amides is 2. The third-order valence-corrected chi connectivity index (χ3v) is 6.89. The van der Waals surface area contributed by atoms with E-state index in [0.717, 1.165) is 25.8 Å². The lowest BCUT2D eigenvalue weighted by Crippen LogP contribution is -2.47. The maximum atomic E-state index is 14.1. The van der Waals surface area contributed by atoms with Gasteiger partial charge in [0.25, 0.3) is 11.8 Å². The monoisotopic (exact) mass is 525 g/mol. The molecule has 1 aliphatic rings. The van der Waals surface area contributed by atoms with Crippen LogP contribution in [0.3, 0.4) is 0 Å². The molecule has 0 saturated heterocycles. The number of hydrogen-bond donors (Lipinski definition) is 2. The van der Waals surface area contributed by atoms with Crippen LogP contribution in [0.4, 0.5) is 5.69 Å². The van der Waals surface area contributed by atoms with Crippen LogP contribution >= 0.6 is 0 Å². The minimum atomic E-state index is -0.411. The molecule has 0 saturated carbocycles. The molecule has 0 aromatic heterocycles. The van der Waals surface area contributed by atoms with Crippen LogP contribution in [0.5, 0.6) is 5.75 Å². The number of nitrogens with zero attached hydrogens (tertiary/aromatic N) is 2. The smallest absolute Gasteiger partial charge is 0.258 e. The molecule has 3 rings (SSSR count). The van der Waals surface area contributed by atoms with E-state index >= 15 is 0 Å². The summed E-state index contributed by atoms with van der Waals surface area (Å²) in [4.78, 5) is 30.6. The predicted molar refractivity (Wildman–Crippen MR) is 150 cm³/mol. The van der Waals surface area contributed by atoms with Gasteiger partial charge < -0.3 is 29.7 Å². The molecule has 2 aromatic rings. The lowest BCUT2D eigenvalue weighted by molar-refractivity contribution is -0.0137. The van der Waals surface area contributed by atoms with E-state index in [4.69, 9.17) is 9.47 Å². The Morgan fingerprint density at radius 1 is 1.16 bits per heavy atom. The molecule has 2 N–H and O–H groups in total. The van der Waals surface area contributed by atoms with Crippen molar-refractivity contribution < 1.29 is 24.2 Å². The van der Waals surface area contributed by atoms with Crippen LogP contribution in [0.1, 0.15) is 60.7 Å². The first kappa shape index (κ1) is 29.6. The highest BCUT2D eigenvalue weighted by Crippen LogP contribution is 2.28. The Labute approximate surface area is 226 Å². The summed E-state index contributed by atoms with van der Waals surface area (Å²) in [6.07, 6.45) is 2.55. The highest BCUT2D eigenvalue weighted by Gasteiger charge is 2.30. The maximum Gasteiger partial charge on any atom is 0.258 e. The van der Waals surface area contributed by atoms with Gasteiger partial charge in [0.1, 0.15) is 5.75 Å². The molecule has 8 nitrogen and oxygen atoms in total. The number of carbonyl (C=O) groups excluding carboxylic acids is 2. The Morgan fingerprint density at radius 2 is 1.89 bits per heavy atom. The Balaban J connectivity index is 1.98. The van der Waals surface area contributed by atoms with Crippen molar-refractivity contribution in [2.45, 2.75) is 58.3 Å². The van der Waals surface area contributed by atoms with Gasteiger partial charge in [-0.15, -0.1) is 0 Å². The zero-order chi connectivity index (χ0) is 27.7. The molecular formula is C30H43N3O5. The summed E-state index contributed by atoms with van der Waals surface area (Å²) in [5, 5.41) is 12.9. The van der Waals surface area contributed by atoms with Gasteiger partial charge in [-0.2, -0.15) is 0 Å². The molecule has 1 aliphatic heterocycles. The predicted octanol–water partition coefficient (Wildman–Crippen LogP) is 4.30. The van der Waals surface area contributed by atoms with Gasteiger partial charge in [0.2, 0.25) is 0 Å². The molecule has 0 fully saturated rings. The second-order valence-electron chi connectivity index (χ2n) is 10.6. The summed E-state index contributed by atoms with van der Waals surface area (Å²) >= 11 is 0. The molecule has 0 radical (unpaired) electrons. The number of aliphatic hydroxyl groups is 1. The van der Waals surface area contributed by atoms with Gasteiger partial charge in [0.15, 0.2) is 0 Å². The average Bonchev–Trinajstić information content (AvgIpc) is 2.90. The summed E-state index contributed by atoms with van der Waals surface area (Å²) in [6.45, 7) is 7.54. The highest BCUT2D eigenvalue weighted by atomic mass is 16.5. The van der Waals surface area contributed by atoms with Gasteiger partial charge in [-0.3, -0.25) is 9.59 Å². The van der Waals surface area contributed by atoms with Gasteiger partial charge in [-0.25, -0.2) is 0 Å². The fourth-order valence-electron chi connectivity index (χ4n) is 4.62. The number of aliphatic hydroxyl groups excluding tert-OH is 1. The Hall–Kier alpha value is -2.94. The largest absolute Gasteiger partial charge is 0.490 e. The van der Waals surface area contributed by atoms with Crippen LogP contribution in [0.2, 0.25) is 0 Å². The zero-order valence-electron chi connectivity index (χ0n) is 23.4. The minimum absolute atomic E-state index is 0.0301. The molecule has 8 heteroatoms. The van der Waals surface area contributed by atoms with E-state index in [9.17, 15) is 14.7 Å².